The van der Waals surface area contributed by atoms with Crippen LogP contribution in [-0.2, 0) is 0 Å². The van der Waals surface area contributed by atoms with Gasteiger partial charge in [0.05, 0.1) is 6.04 Å². The Labute approximate surface area is 86.5 Å². The molecule has 1 fully saturated rings. The smallest absolute Gasteiger partial charge is 0.0646 e. The van der Waals surface area contributed by atoms with Crippen molar-refractivity contribution in [3.8, 4) is 0 Å². The van der Waals surface area contributed by atoms with Gasteiger partial charge in [0.25, 0.3) is 0 Å². The first-order valence-electron chi connectivity index (χ1n) is 5.56. The molecule has 1 aromatic heterocycles. The zero-order chi connectivity index (χ0) is 10.4. The highest BCUT2D eigenvalue weighted by Gasteiger charge is 2.19. The van der Waals surface area contributed by atoms with Gasteiger partial charge < -0.3 is 5.32 Å². The van der Waals surface area contributed by atoms with Gasteiger partial charge in [0.15, 0.2) is 0 Å². The molecular weight excluding hydrogens is 174 g/mol. The van der Waals surface area contributed by atoms with Gasteiger partial charge in [0.1, 0.15) is 0 Å². The second kappa shape index (κ2) is 5.81. The van der Waals surface area contributed by atoms with E-state index in [0.29, 0.717) is 6.04 Å². The van der Waals surface area contributed by atoms with Crippen molar-refractivity contribution in [2.75, 3.05) is 13.1 Å². The van der Waals surface area contributed by atoms with Crippen LogP contribution in [0.25, 0.3) is 0 Å². The van der Waals surface area contributed by atoms with Crippen LogP contribution in [0, 0.1) is 5.92 Å². The Kier molecular flexibility index (Phi) is 4.66. The minimum absolute atomic E-state index is 0.559. The third-order valence-corrected chi connectivity index (χ3v) is 2.45. The van der Waals surface area contributed by atoms with E-state index in [1.165, 1.54) is 6.42 Å². The number of hydrogen-bond donors (Lipinski definition) is 1. The largest absolute Gasteiger partial charge is 0.314 e. The van der Waals surface area contributed by atoms with Crippen LogP contribution in [0.5, 0.6) is 0 Å². The maximum Gasteiger partial charge on any atom is 0.0646 e. The predicted octanol–water partition coefficient (Wildman–Crippen LogP) is 2.08. The number of piperidine rings is 1. The molecule has 0 aliphatic carbocycles. The molecular formula is C11H21N3. The summed E-state index contributed by atoms with van der Waals surface area (Å²) in [7, 11) is 0. The van der Waals surface area contributed by atoms with Gasteiger partial charge in [-0.2, -0.15) is 5.10 Å². The molecule has 1 N–H and O–H groups in total. The van der Waals surface area contributed by atoms with Crippen LogP contribution in [0.15, 0.2) is 18.5 Å². The maximum atomic E-state index is 4.25. The van der Waals surface area contributed by atoms with Crippen LogP contribution in [-0.4, -0.2) is 22.9 Å². The zero-order valence-electron chi connectivity index (χ0n) is 9.40. The summed E-state index contributed by atoms with van der Waals surface area (Å²) in [4.78, 5) is 0. The van der Waals surface area contributed by atoms with Gasteiger partial charge in [-0.05, 0) is 24.9 Å². The highest BCUT2D eigenvalue weighted by Crippen LogP contribution is 2.19. The predicted molar refractivity (Wildman–Crippen MR) is 59.3 cm³/mol. The van der Waals surface area contributed by atoms with Gasteiger partial charge in [-0.3, -0.25) is 4.68 Å². The average Bonchev–Trinajstić information content (AvgIpc) is 2.74. The first-order valence-corrected chi connectivity index (χ1v) is 5.56. The molecule has 0 spiro atoms. The van der Waals surface area contributed by atoms with Crippen LogP contribution >= 0.6 is 0 Å². The van der Waals surface area contributed by atoms with Gasteiger partial charge in [-0.1, -0.05) is 20.8 Å². The van der Waals surface area contributed by atoms with Crippen molar-refractivity contribution in [3.63, 3.8) is 0 Å². The molecule has 2 atom stereocenters. The lowest BCUT2D eigenvalue weighted by Crippen LogP contribution is -2.36. The molecule has 2 unspecified atom stereocenters. The Bertz CT molecular complexity index is 231. The van der Waals surface area contributed by atoms with E-state index in [0.717, 1.165) is 19.0 Å². The van der Waals surface area contributed by atoms with Crippen LogP contribution in [0.3, 0.4) is 0 Å². The molecule has 0 aromatic carbocycles. The summed E-state index contributed by atoms with van der Waals surface area (Å²) in [5, 5.41) is 7.66. The van der Waals surface area contributed by atoms with Crippen molar-refractivity contribution in [2.24, 2.45) is 5.92 Å². The summed E-state index contributed by atoms with van der Waals surface area (Å²) in [6.07, 6.45) is 5.14. The lowest BCUT2D eigenvalue weighted by atomic mass is 9.98. The summed E-state index contributed by atoms with van der Waals surface area (Å²) in [6.45, 7) is 8.49. The minimum atomic E-state index is 0.559. The summed E-state index contributed by atoms with van der Waals surface area (Å²) < 4.78 is 2.06. The number of hydrogen-bond acceptors (Lipinski definition) is 2. The van der Waals surface area contributed by atoms with Crippen molar-refractivity contribution >= 4 is 0 Å². The number of nitrogens with zero attached hydrogens (tertiary/aromatic N) is 2. The SMILES string of the molecule is CC.CC1CNCC(n2cccn2)C1. The zero-order valence-corrected chi connectivity index (χ0v) is 9.40. The number of rotatable bonds is 1. The van der Waals surface area contributed by atoms with Gasteiger partial charge in [-0.25, -0.2) is 0 Å². The van der Waals surface area contributed by atoms with E-state index >= 15 is 0 Å². The Morgan fingerprint density at radius 1 is 1.36 bits per heavy atom. The first-order chi connectivity index (χ1) is 6.86. The van der Waals surface area contributed by atoms with Crippen molar-refractivity contribution in [1.82, 2.24) is 15.1 Å². The molecule has 80 valence electrons. The average molecular weight is 195 g/mol. The van der Waals surface area contributed by atoms with Gasteiger partial charge in [0, 0.05) is 18.9 Å². The van der Waals surface area contributed by atoms with Gasteiger partial charge >= 0.3 is 0 Å². The maximum absolute atomic E-state index is 4.25. The molecule has 2 heterocycles. The topological polar surface area (TPSA) is 29.9 Å². The lowest BCUT2D eigenvalue weighted by molar-refractivity contribution is 0.285. The highest BCUT2D eigenvalue weighted by atomic mass is 15.3. The molecule has 3 nitrogen and oxygen atoms in total. The Morgan fingerprint density at radius 3 is 2.71 bits per heavy atom. The van der Waals surface area contributed by atoms with Crippen molar-refractivity contribution in [2.45, 2.75) is 33.2 Å². The monoisotopic (exact) mass is 195 g/mol. The molecule has 0 radical (unpaired) electrons. The lowest BCUT2D eigenvalue weighted by Gasteiger charge is -2.27. The van der Waals surface area contributed by atoms with E-state index in [1.807, 2.05) is 32.3 Å². The molecule has 3 heteroatoms. The molecule has 1 aromatic rings. The third-order valence-electron chi connectivity index (χ3n) is 2.45. The summed E-state index contributed by atoms with van der Waals surface area (Å²) >= 11 is 0. The molecule has 1 aliphatic heterocycles. The molecule has 0 amide bonds. The van der Waals surface area contributed by atoms with E-state index in [9.17, 15) is 0 Å². The fraction of sp³-hybridized carbons (Fsp3) is 0.727. The normalized spacial score (nSPS) is 26.5. The van der Waals surface area contributed by atoms with Crippen molar-refractivity contribution in [3.05, 3.63) is 18.5 Å². The highest BCUT2D eigenvalue weighted by molar-refractivity contribution is 4.85. The van der Waals surface area contributed by atoms with Crippen LogP contribution < -0.4 is 5.32 Å². The molecule has 1 saturated heterocycles. The summed E-state index contributed by atoms with van der Waals surface area (Å²) in [5.41, 5.74) is 0. The van der Waals surface area contributed by atoms with E-state index in [1.54, 1.807) is 0 Å². The third kappa shape index (κ3) is 2.84. The molecule has 0 bridgehead atoms. The molecule has 1 aliphatic rings. The van der Waals surface area contributed by atoms with E-state index in [4.69, 9.17) is 0 Å². The summed E-state index contributed by atoms with van der Waals surface area (Å²) in [6, 6.07) is 2.54. The standard InChI is InChI=1S/C9H15N3.C2H6/c1-8-5-9(7-10-6-8)12-4-2-3-11-12;1-2/h2-4,8-10H,5-7H2,1H3;1-2H3. The molecule has 0 saturated carbocycles. The Hall–Kier alpha value is -0.830. The van der Waals surface area contributed by atoms with Crippen LogP contribution in [0.2, 0.25) is 0 Å². The van der Waals surface area contributed by atoms with Gasteiger partial charge in [-0.15, -0.1) is 0 Å². The van der Waals surface area contributed by atoms with E-state index in [-0.39, 0.29) is 0 Å². The quantitative estimate of drug-likeness (QED) is 0.743. The number of nitrogens with one attached hydrogen (secondary N) is 1. The number of aromatic nitrogens is 2. The Morgan fingerprint density at radius 2 is 2.14 bits per heavy atom. The Balaban J connectivity index is 0.000000461. The van der Waals surface area contributed by atoms with Gasteiger partial charge in [0.2, 0.25) is 0 Å². The first kappa shape index (κ1) is 11.2. The fourth-order valence-electron chi connectivity index (χ4n) is 1.83. The molecule has 2 rings (SSSR count). The van der Waals surface area contributed by atoms with Crippen molar-refractivity contribution < 1.29 is 0 Å². The molecule has 14 heavy (non-hydrogen) atoms. The van der Waals surface area contributed by atoms with E-state index < -0.39 is 0 Å². The second-order valence-electron chi connectivity index (χ2n) is 3.64. The minimum Gasteiger partial charge on any atom is -0.314 e. The second-order valence-corrected chi connectivity index (χ2v) is 3.64. The fourth-order valence-corrected chi connectivity index (χ4v) is 1.83. The summed E-state index contributed by atoms with van der Waals surface area (Å²) in [5.74, 6) is 0.771. The van der Waals surface area contributed by atoms with E-state index in [2.05, 4.69) is 22.0 Å². The van der Waals surface area contributed by atoms with Crippen LogP contribution in [0.1, 0.15) is 33.2 Å². The van der Waals surface area contributed by atoms with Crippen LogP contribution in [0.4, 0.5) is 0 Å². The van der Waals surface area contributed by atoms with Crippen molar-refractivity contribution in [1.29, 1.82) is 0 Å².